The number of hydrogen-bond acceptors (Lipinski definition) is 4. The summed E-state index contributed by atoms with van der Waals surface area (Å²) in [5.74, 6) is 5.43. The molecule has 0 spiro atoms. The first kappa shape index (κ1) is 12.7. The summed E-state index contributed by atoms with van der Waals surface area (Å²) >= 11 is 0. The van der Waals surface area contributed by atoms with E-state index in [1.165, 1.54) is 18.7 Å². The maximum atomic E-state index is 11.9. The third-order valence-electron chi connectivity index (χ3n) is 2.30. The highest BCUT2D eigenvalue weighted by Crippen LogP contribution is 2.07. The zero-order chi connectivity index (χ0) is 13.5. The topological polar surface area (TPSA) is 80.9 Å². The molecule has 19 heavy (non-hydrogen) atoms. The highest BCUT2D eigenvalue weighted by atomic mass is 16.1. The number of nitrogens with two attached hydrogens (primary N) is 1. The Balaban J connectivity index is 2.08. The Morgan fingerprint density at radius 1 is 1.21 bits per heavy atom. The van der Waals surface area contributed by atoms with Gasteiger partial charge in [-0.3, -0.25) is 4.79 Å². The molecule has 0 saturated heterocycles. The second-order valence-corrected chi connectivity index (χ2v) is 3.66. The van der Waals surface area contributed by atoms with Gasteiger partial charge in [0.25, 0.3) is 5.91 Å². The van der Waals surface area contributed by atoms with E-state index in [-0.39, 0.29) is 5.91 Å². The van der Waals surface area contributed by atoms with Gasteiger partial charge >= 0.3 is 0 Å². The molecule has 0 aliphatic heterocycles. The highest BCUT2D eigenvalue weighted by Gasteiger charge is 2.05. The number of benzene rings is 1. The van der Waals surface area contributed by atoms with Crippen molar-refractivity contribution in [3.05, 3.63) is 54.1 Å². The van der Waals surface area contributed by atoms with Crippen molar-refractivity contribution < 1.29 is 4.79 Å². The molecule has 2 rings (SSSR count). The van der Waals surface area contributed by atoms with Crippen LogP contribution in [-0.4, -0.2) is 22.4 Å². The van der Waals surface area contributed by atoms with Crippen molar-refractivity contribution >= 4 is 11.6 Å². The van der Waals surface area contributed by atoms with Crippen molar-refractivity contribution in [3.63, 3.8) is 0 Å². The summed E-state index contributed by atoms with van der Waals surface area (Å²) in [6, 6.07) is 6.97. The molecule has 0 aliphatic rings. The van der Waals surface area contributed by atoms with Gasteiger partial charge in [-0.05, 0) is 24.3 Å². The molecule has 94 valence electrons. The first-order chi connectivity index (χ1) is 9.29. The molecule has 1 heterocycles. The van der Waals surface area contributed by atoms with E-state index in [2.05, 4.69) is 27.1 Å². The van der Waals surface area contributed by atoms with Gasteiger partial charge in [-0.15, -0.1) is 0 Å². The maximum absolute atomic E-state index is 11.9. The van der Waals surface area contributed by atoms with Crippen LogP contribution in [0.3, 0.4) is 0 Å². The first-order valence-electron chi connectivity index (χ1n) is 5.65. The minimum Gasteiger partial charge on any atom is -0.320 e. The molecule has 0 fully saturated rings. The van der Waals surface area contributed by atoms with Crippen LogP contribution >= 0.6 is 0 Å². The van der Waals surface area contributed by atoms with Crippen LogP contribution in [0, 0.1) is 11.8 Å². The minimum absolute atomic E-state index is 0.215. The molecule has 2 aromatic rings. The Morgan fingerprint density at radius 2 is 1.89 bits per heavy atom. The van der Waals surface area contributed by atoms with E-state index in [4.69, 9.17) is 5.73 Å². The highest BCUT2D eigenvalue weighted by molar-refractivity contribution is 6.04. The monoisotopic (exact) mass is 252 g/mol. The van der Waals surface area contributed by atoms with Crippen molar-refractivity contribution in [2.75, 3.05) is 11.9 Å². The predicted molar refractivity (Wildman–Crippen MR) is 72.4 cm³/mol. The molecule has 0 saturated carbocycles. The molecule has 0 radical (unpaired) electrons. The molecule has 3 N–H and O–H groups in total. The molecule has 0 aliphatic carbocycles. The molecular formula is C14H12N4O. The lowest BCUT2D eigenvalue weighted by Crippen LogP contribution is -2.12. The van der Waals surface area contributed by atoms with Crippen LogP contribution in [0.4, 0.5) is 5.69 Å². The smallest absolute Gasteiger partial charge is 0.255 e. The van der Waals surface area contributed by atoms with Gasteiger partial charge in [0.05, 0.1) is 24.6 Å². The van der Waals surface area contributed by atoms with E-state index in [1.807, 2.05) is 0 Å². The molecule has 5 nitrogen and oxygen atoms in total. The fourth-order valence-electron chi connectivity index (χ4n) is 1.42. The zero-order valence-corrected chi connectivity index (χ0v) is 10.1. The van der Waals surface area contributed by atoms with Gasteiger partial charge in [0.1, 0.15) is 6.33 Å². The summed E-state index contributed by atoms with van der Waals surface area (Å²) in [6.07, 6.45) is 4.47. The van der Waals surface area contributed by atoms with Crippen molar-refractivity contribution in [1.29, 1.82) is 0 Å². The second-order valence-electron chi connectivity index (χ2n) is 3.66. The summed E-state index contributed by atoms with van der Waals surface area (Å²) in [5.41, 5.74) is 7.21. The number of carbonyl (C=O) groups excluding carboxylic acids is 1. The van der Waals surface area contributed by atoms with Crippen LogP contribution < -0.4 is 11.1 Å². The van der Waals surface area contributed by atoms with E-state index < -0.39 is 0 Å². The standard InChI is InChI=1S/C14H12N4O/c15-7-1-2-11-3-5-12(6-4-11)14(19)18-13-8-16-10-17-9-13/h3-6,8-10H,7,15H2,(H,18,19). The van der Waals surface area contributed by atoms with Gasteiger partial charge < -0.3 is 11.1 Å². The summed E-state index contributed by atoms with van der Waals surface area (Å²) in [6.45, 7) is 0.316. The van der Waals surface area contributed by atoms with Crippen LogP contribution in [0.2, 0.25) is 0 Å². The Hall–Kier alpha value is -2.71. The average molecular weight is 252 g/mol. The van der Waals surface area contributed by atoms with E-state index in [0.717, 1.165) is 5.56 Å². The molecule has 0 unspecified atom stereocenters. The van der Waals surface area contributed by atoms with Crippen molar-refractivity contribution in [2.45, 2.75) is 0 Å². The van der Waals surface area contributed by atoms with Crippen LogP contribution in [0.15, 0.2) is 43.0 Å². The van der Waals surface area contributed by atoms with Crippen LogP contribution in [0.5, 0.6) is 0 Å². The third-order valence-corrected chi connectivity index (χ3v) is 2.30. The summed E-state index contributed by atoms with van der Waals surface area (Å²) in [4.78, 5) is 19.6. The van der Waals surface area contributed by atoms with Gasteiger partial charge in [0.15, 0.2) is 0 Å². The van der Waals surface area contributed by atoms with E-state index in [9.17, 15) is 4.79 Å². The predicted octanol–water partition coefficient (Wildman–Crippen LogP) is 1.04. The number of amides is 1. The zero-order valence-electron chi connectivity index (χ0n) is 10.1. The SMILES string of the molecule is NCC#Cc1ccc(C(=O)Nc2cncnc2)cc1. The Bertz CT molecular complexity index is 611. The summed E-state index contributed by atoms with van der Waals surface area (Å²) in [7, 11) is 0. The lowest BCUT2D eigenvalue weighted by atomic mass is 10.1. The fraction of sp³-hybridized carbons (Fsp3) is 0.0714. The number of rotatable bonds is 2. The van der Waals surface area contributed by atoms with Crippen molar-refractivity contribution in [2.24, 2.45) is 5.73 Å². The van der Waals surface area contributed by atoms with Crippen LogP contribution in [-0.2, 0) is 0 Å². The van der Waals surface area contributed by atoms with Gasteiger partial charge in [0.2, 0.25) is 0 Å². The molecule has 5 heteroatoms. The Kier molecular flexibility index (Phi) is 4.21. The van der Waals surface area contributed by atoms with Crippen LogP contribution in [0.1, 0.15) is 15.9 Å². The Labute approximate surface area is 110 Å². The van der Waals surface area contributed by atoms with E-state index >= 15 is 0 Å². The fourth-order valence-corrected chi connectivity index (χ4v) is 1.42. The average Bonchev–Trinajstić information content (AvgIpc) is 2.46. The summed E-state index contributed by atoms with van der Waals surface area (Å²) < 4.78 is 0. The first-order valence-corrected chi connectivity index (χ1v) is 5.65. The van der Waals surface area contributed by atoms with Crippen molar-refractivity contribution in [3.8, 4) is 11.8 Å². The lowest BCUT2D eigenvalue weighted by molar-refractivity contribution is 0.102. The molecule has 1 aromatic heterocycles. The normalized spacial score (nSPS) is 9.32. The largest absolute Gasteiger partial charge is 0.320 e. The second kappa shape index (κ2) is 6.28. The number of nitrogens with zero attached hydrogens (tertiary/aromatic N) is 2. The van der Waals surface area contributed by atoms with Gasteiger partial charge in [-0.2, -0.15) is 0 Å². The molecule has 0 atom stereocenters. The molecule has 1 aromatic carbocycles. The van der Waals surface area contributed by atoms with Gasteiger partial charge in [0, 0.05) is 11.1 Å². The molecule has 1 amide bonds. The number of carbonyl (C=O) groups is 1. The lowest BCUT2D eigenvalue weighted by Gasteiger charge is -2.03. The number of anilines is 1. The minimum atomic E-state index is -0.215. The quantitative estimate of drug-likeness (QED) is 0.782. The molecule has 0 bridgehead atoms. The third kappa shape index (κ3) is 3.63. The maximum Gasteiger partial charge on any atom is 0.255 e. The molecular weight excluding hydrogens is 240 g/mol. The van der Waals surface area contributed by atoms with E-state index in [1.54, 1.807) is 24.3 Å². The van der Waals surface area contributed by atoms with Crippen LogP contribution in [0.25, 0.3) is 0 Å². The number of hydrogen-bond donors (Lipinski definition) is 2. The van der Waals surface area contributed by atoms with Crippen molar-refractivity contribution in [1.82, 2.24) is 9.97 Å². The van der Waals surface area contributed by atoms with Gasteiger partial charge in [-0.25, -0.2) is 9.97 Å². The van der Waals surface area contributed by atoms with E-state index in [0.29, 0.717) is 17.8 Å². The Morgan fingerprint density at radius 3 is 2.53 bits per heavy atom. The van der Waals surface area contributed by atoms with Gasteiger partial charge in [-0.1, -0.05) is 11.8 Å². The summed E-state index contributed by atoms with van der Waals surface area (Å²) in [5, 5.41) is 2.70. The number of nitrogens with one attached hydrogen (secondary N) is 1. The number of aromatic nitrogens is 2.